The first-order valence-electron chi connectivity index (χ1n) is 6.81. The Morgan fingerprint density at radius 2 is 1.85 bits per heavy atom. The Labute approximate surface area is 121 Å². The van der Waals surface area contributed by atoms with Crippen molar-refractivity contribution >= 4 is 5.69 Å². The molecule has 0 saturated carbocycles. The maximum absolute atomic E-state index is 5.47. The zero-order valence-electron chi connectivity index (χ0n) is 12.4. The number of ether oxygens (including phenoxy) is 1. The molecule has 106 valence electrons. The summed E-state index contributed by atoms with van der Waals surface area (Å²) in [7, 11) is 5.78. The first-order valence-corrected chi connectivity index (χ1v) is 6.81. The van der Waals surface area contributed by atoms with Gasteiger partial charge in [0.05, 0.1) is 7.11 Å². The van der Waals surface area contributed by atoms with Gasteiger partial charge in [0.1, 0.15) is 5.75 Å². The van der Waals surface area contributed by atoms with Gasteiger partial charge >= 0.3 is 0 Å². The van der Waals surface area contributed by atoms with Crippen molar-refractivity contribution in [2.45, 2.75) is 13.1 Å². The molecular formula is C17H22N2O. The molecule has 3 heteroatoms. The molecule has 0 spiro atoms. The molecule has 3 nitrogen and oxygen atoms in total. The predicted molar refractivity (Wildman–Crippen MR) is 84.3 cm³/mol. The molecule has 2 aromatic rings. The molecule has 0 atom stereocenters. The van der Waals surface area contributed by atoms with Gasteiger partial charge in [0.15, 0.2) is 0 Å². The van der Waals surface area contributed by atoms with E-state index in [1.54, 1.807) is 7.11 Å². The van der Waals surface area contributed by atoms with E-state index in [0.717, 1.165) is 18.8 Å². The first-order chi connectivity index (χ1) is 9.74. The predicted octanol–water partition coefficient (Wildman–Crippen LogP) is 3.05. The van der Waals surface area contributed by atoms with Crippen molar-refractivity contribution in [2.24, 2.45) is 0 Å². The minimum atomic E-state index is 0.824. The number of benzene rings is 2. The van der Waals surface area contributed by atoms with Crippen LogP contribution in [0.25, 0.3) is 0 Å². The van der Waals surface area contributed by atoms with Gasteiger partial charge in [-0.25, -0.2) is 0 Å². The van der Waals surface area contributed by atoms with Crippen LogP contribution in [0.4, 0.5) is 5.69 Å². The van der Waals surface area contributed by atoms with Gasteiger partial charge < -0.3 is 15.0 Å². The molecule has 0 unspecified atom stereocenters. The highest BCUT2D eigenvalue weighted by Crippen LogP contribution is 2.23. The summed E-state index contributed by atoms with van der Waals surface area (Å²) >= 11 is 0. The molecule has 0 heterocycles. The molecule has 0 saturated heterocycles. The Morgan fingerprint density at radius 3 is 2.50 bits per heavy atom. The molecular weight excluding hydrogens is 248 g/mol. The fraction of sp³-hybridized carbons (Fsp3) is 0.294. The lowest BCUT2D eigenvalue weighted by atomic mass is 10.1. The fourth-order valence-electron chi connectivity index (χ4n) is 2.30. The maximum atomic E-state index is 5.47. The van der Waals surface area contributed by atoms with Crippen molar-refractivity contribution in [3.05, 3.63) is 59.7 Å². The summed E-state index contributed by atoms with van der Waals surface area (Å²) in [6.07, 6.45) is 0. The molecule has 0 aliphatic heterocycles. The summed E-state index contributed by atoms with van der Waals surface area (Å²) in [6.45, 7) is 1.69. The van der Waals surface area contributed by atoms with E-state index in [9.17, 15) is 0 Å². The Morgan fingerprint density at radius 1 is 1.10 bits per heavy atom. The number of para-hydroxylation sites is 1. The van der Waals surface area contributed by atoms with Crippen LogP contribution in [0.3, 0.4) is 0 Å². The van der Waals surface area contributed by atoms with E-state index in [2.05, 4.69) is 53.7 Å². The van der Waals surface area contributed by atoms with E-state index < -0.39 is 0 Å². The normalized spacial score (nSPS) is 10.3. The third kappa shape index (κ3) is 3.52. The lowest BCUT2D eigenvalue weighted by molar-refractivity contribution is 0.409. The fourth-order valence-corrected chi connectivity index (χ4v) is 2.30. The number of hydrogen-bond acceptors (Lipinski definition) is 3. The molecule has 1 N–H and O–H groups in total. The van der Waals surface area contributed by atoms with Gasteiger partial charge in [-0.1, -0.05) is 24.3 Å². The van der Waals surface area contributed by atoms with Crippen LogP contribution in [0.1, 0.15) is 11.1 Å². The van der Waals surface area contributed by atoms with Crippen LogP contribution in [-0.4, -0.2) is 21.2 Å². The highest BCUT2D eigenvalue weighted by Gasteiger charge is 2.08. The van der Waals surface area contributed by atoms with Gasteiger partial charge in [0.2, 0.25) is 0 Å². The van der Waals surface area contributed by atoms with E-state index in [4.69, 9.17) is 4.74 Å². The SMILES string of the molecule is CNCc1ccc(OC)c(CN(C)c2ccccc2)c1. The van der Waals surface area contributed by atoms with Gasteiger partial charge in [0, 0.05) is 31.4 Å². The van der Waals surface area contributed by atoms with E-state index in [1.165, 1.54) is 16.8 Å². The molecule has 0 aliphatic carbocycles. The van der Waals surface area contributed by atoms with Crippen LogP contribution in [0, 0.1) is 0 Å². The standard InChI is InChI=1S/C17H22N2O/c1-18-12-14-9-10-17(20-3)15(11-14)13-19(2)16-7-5-4-6-8-16/h4-11,18H,12-13H2,1-3H3. The molecule has 2 rings (SSSR count). The van der Waals surface area contributed by atoms with Gasteiger partial charge in [0.25, 0.3) is 0 Å². The van der Waals surface area contributed by atoms with E-state index in [-0.39, 0.29) is 0 Å². The lowest BCUT2D eigenvalue weighted by Crippen LogP contribution is -2.17. The quantitative estimate of drug-likeness (QED) is 0.873. The minimum Gasteiger partial charge on any atom is -0.496 e. The van der Waals surface area contributed by atoms with Crippen molar-refractivity contribution < 1.29 is 4.74 Å². The second-order valence-electron chi connectivity index (χ2n) is 4.87. The summed E-state index contributed by atoms with van der Waals surface area (Å²) in [4.78, 5) is 2.22. The smallest absolute Gasteiger partial charge is 0.123 e. The van der Waals surface area contributed by atoms with Gasteiger partial charge in [-0.2, -0.15) is 0 Å². The summed E-state index contributed by atoms with van der Waals surface area (Å²) in [5.74, 6) is 0.938. The number of rotatable bonds is 6. The zero-order valence-corrected chi connectivity index (χ0v) is 12.4. The zero-order chi connectivity index (χ0) is 14.4. The molecule has 2 aromatic carbocycles. The van der Waals surface area contributed by atoms with E-state index in [0.29, 0.717) is 0 Å². The monoisotopic (exact) mass is 270 g/mol. The molecule has 0 radical (unpaired) electrons. The molecule has 0 amide bonds. The topological polar surface area (TPSA) is 24.5 Å². The van der Waals surface area contributed by atoms with Crippen molar-refractivity contribution in [3.63, 3.8) is 0 Å². The van der Waals surface area contributed by atoms with Gasteiger partial charge in [-0.15, -0.1) is 0 Å². The van der Waals surface area contributed by atoms with Crippen LogP contribution in [-0.2, 0) is 13.1 Å². The van der Waals surface area contributed by atoms with Crippen LogP contribution >= 0.6 is 0 Å². The van der Waals surface area contributed by atoms with Gasteiger partial charge in [-0.05, 0) is 36.9 Å². The van der Waals surface area contributed by atoms with Gasteiger partial charge in [-0.3, -0.25) is 0 Å². The Bertz CT molecular complexity index is 540. The number of nitrogens with one attached hydrogen (secondary N) is 1. The molecule has 0 aliphatic rings. The van der Waals surface area contributed by atoms with Crippen LogP contribution in [0.15, 0.2) is 48.5 Å². The third-order valence-electron chi connectivity index (χ3n) is 3.33. The first kappa shape index (κ1) is 14.4. The highest BCUT2D eigenvalue weighted by molar-refractivity contribution is 5.48. The van der Waals surface area contributed by atoms with Crippen LogP contribution < -0.4 is 15.0 Å². The maximum Gasteiger partial charge on any atom is 0.123 e. The molecule has 20 heavy (non-hydrogen) atoms. The number of methoxy groups -OCH3 is 1. The average molecular weight is 270 g/mol. The largest absolute Gasteiger partial charge is 0.496 e. The van der Waals surface area contributed by atoms with Crippen molar-refractivity contribution in [2.75, 3.05) is 26.1 Å². The van der Waals surface area contributed by atoms with Crippen LogP contribution in [0.5, 0.6) is 5.75 Å². The summed E-state index contributed by atoms with van der Waals surface area (Å²) in [6, 6.07) is 16.7. The Balaban J connectivity index is 2.20. The average Bonchev–Trinajstić information content (AvgIpc) is 2.49. The molecule has 0 fully saturated rings. The number of hydrogen-bond donors (Lipinski definition) is 1. The van der Waals surface area contributed by atoms with Crippen LogP contribution in [0.2, 0.25) is 0 Å². The lowest BCUT2D eigenvalue weighted by Gasteiger charge is -2.21. The second-order valence-corrected chi connectivity index (χ2v) is 4.87. The molecule has 0 aromatic heterocycles. The Hall–Kier alpha value is -2.00. The summed E-state index contributed by atoms with van der Waals surface area (Å²) < 4.78 is 5.47. The van der Waals surface area contributed by atoms with E-state index in [1.807, 2.05) is 19.2 Å². The number of anilines is 1. The van der Waals surface area contributed by atoms with Crippen molar-refractivity contribution in [1.29, 1.82) is 0 Å². The molecule has 0 bridgehead atoms. The van der Waals surface area contributed by atoms with Crippen molar-refractivity contribution in [3.8, 4) is 5.75 Å². The Kier molecular flexibility index (Phi) is 5.02. The summed E-state index contributed by atoms with van der Waals surface area (Å²) in [5.41, 5.74) is 3.67. The summed E-state index contributed by atoms with van der Waals surface area (Å²) in [5, 5.41) is 3.18. The second kappa shape index (κ2) is 6.96. The van der Waals surface area contributed by atoms with E-state index >= 15 is 0 Å². The third-order valence-corrected chi connectivity index (χ3v) is 3.33. The van der Waals surface area contributed by atoms with Crippen molar-refractivity contribution in [1.82, 2.24) is 5.32 Å². The number of nitrogens with zero attached hydrogens (tertiary/aromatic N) is 1. The highest BCUT2D eigenvalue weighted by atomic mass is 16.5. The minimum absolute atomic E-state index is 0.824.